The summed E-state index contributed by atoms with van der Waals surface area (Å²) < 4.78 is 11.1. The molecule has 5 heteroatoms. The van der Waals surface area contributed by atoms with Crippen molar-refractivity contribution in [2.75, 3.05) is 13.7 Å². The molecule has 1 atom stereocenters. The molecule has 0 amide bonds. The highest BCUT2D eigenvalue weighted by molar-refractivity contribution is 5.80. The van der Waals surface area contributed by atoms with Gasteiger partial charge in [0, 0.05) is 16.1 Å². The van der Waals surface area contributed by atoms with Crippen LogP contribution in [0.2, 0.25) is 0 Å². The van der Waals surface area contributed by atoms with E-state index in [0.717, 1.165) is 16.7 Å². The van der Waals surface area contributed by atoms with E-state index in [1.165, 1.54) is 0 Å². The second-order valence-electron chi connectivity index (χ2n) is 4.99. The molecule has 0 fully saturated rings. The van der Waals surface area contributed by atoms with Gasteiger partial charge in [0.15, 0.2) is 6.10 Å². The van der Waals surface area contributed by atoms with Crippen LogP contribution in [0.4, 0.5) is 0 Å². The van der Waals surface area contributed by atoms with Crippen LogP contribution in [0.5, 0.6) is 5.75 Å². The first-order chi connectivity index (χ1) is 10.7. The van der Waals surface area contributed by atoms with Crippen LogP contribution in [0.15, 0.2) is 48.5 Å². The molecule has 0 saturated heterocycles. The van der Waals surface area contributed by atoms with E-state index in [4.69, 9.17) is 9.47 Å². The molecular weight excluding hydrogens is 282 g/mol. The van der Waals surface area contributed by atoms with Crippen LogP contribution in [0.3, 0.4) is 0 Å². The van der Waals surface area contributed by atoms with Gasteiger partial charge < -0.3 is 9.47 Å². The lowest BCUT2D eigenvalue weighted by Crippen LogP contribution is -2.19. The predicted octanol–water partition coefficient (Wildman–Crippen LogP) is 3.54. The summed E-state index contributed by atoms with van der Waals surface area (Å²) in [6.45, 7) is -0.287. The van der Waals surface area contributed by atoms with E-state index < -0.39 is 6.10 Å². The molecule has 0 spiro atoms. The largest absolute Gasteiger partial charge is 0.497 e. The van der Waals surface area contributed by atoms with Crippen LogP contribution in [0, 0.1) is 10.1 Å². The van der Waals surface area contributed by atoms with Crippen LogP contribution in [-0.2, 0) is 4.74 Å². The van der Waals surface area contributed by atoms with Crippen molar-refractivity contribution in [1.82, 2.24) is 0 Å². The number of nitro groups is 1. The Kier molecular flexibility index (Phi) is 3.78. The Bertz CT molecular complexity index is 725. The van der Waals surface area contributed by atoms with E-state index >= 15 is 0 Å². The second kappa shape index (κ2) is 5.89. The fourth-order valence-corrected chi connectivity index (χ4v) is 2.51. The van der Waals surface area contributed by atoms with Gasteiger partial charge in [-0.1, -0.05) is 36.4 Å². The van der Waals surface area contributed by atoms with Crippen LogP contribution >= 0.6 is 0 Å². The molecule has 1 heterocycles. The third-order valence-electron chi connectivity index (χ3n) is 3.57. The van der Waals surface area contributed by atoms with Gasteiger partial charge in [-0.2, -0.15) is 0 Å². The van der Waals surface area contributed by atoms with Crippen molar-refractivity contribution in [1.29, 1.82) is 0 Å². The molecule has 0 bridgehead atoms. The van der Waals surface area contributed by atoms with Crippen molar-refractivity contribution in [3.8, 4) is 5.75 Å². The van der Waals surface area contributed by atoms with Gasteiger partial charge in [0.25, 0.3) is 0 Å². The molecule has 1 aliphatic rings. The Balaban J connectivity index is 2.05. The van der Waals surface area contributed by atoms with Gasteiger partial charge in [-0.05, 0) is 23.8 Å². The van der Waals surface area contributed by atoms with Crippen molar-refractivity contribution >= 4 is 11.8 Å². The first kappa shape index (κ1) is 14.1. The molecule has 0 aliphatic carbocycles. The van der Waals surface area contributed by atoms with Crippen LogP contribution < -0.4 is 4.74 Å². The molecule has 1 aliphatic heterocycles. The van der Waals surface area contributed by atoms with E-state index in [0.29, 0.717) is 11.5 Å². The molecule has 0 saturated carbocycles. The average Bonchev–Trinajstić information content (AvgIpc) is 2.54. The average molecular weight is 297 g/mol. The number of fused-ring (bicyclic) bond motifs is 1. The second-order valence-corrected chi connectivity index (χ2v) is 4.99. The van der Waals surface area contributed by atoms with Gasteiger partial charge in [0.05, 0.1) is 7.11 Å². The van der Waals surface area contributed by atoms with Crippen LogP contribution in [0.1, 0.15) is 22.8 Å². The van der Waals surface area contributed by atoms with E-state index in [1.54, 1.807) is 13.2 Å². The Morgan fingerprint density at radius 3 is 2.68 bits per heavy atom. The molecule has 22 heavy (non-hydrogen) atoms. The first-order valence-corrected chi connectivity index (χ1v) is 6.91. The third-order valence-corrected chi connectivity index (χ3v) is 3.57. The minimum atomic E-state index is -0.625. The van der Waals surface area contributed by atoms with Crippen molar-refractivity contribution in [2.45, 2.75) is 6.10 Å². The normalized spacial score (nSPS) is 16.2. The van der Waals surface area contributed by atoms with Gasteiger partial charge in [0.1, 0.15) is 11.5 Å². The summed E-state index contributed by atoms with van der Waals surface area (Å²) in [6.07, 6.45) is 1.28. The highest BCUT2D eigenvalue weighted by Gasteiger charge is 2.28. The maximum atomic E-state index is 10.9. The summed E-state index contributed by atoms with van der Waals surface area (Å²) in [4.78, 5) is 10.6. The minimum Gasteiger partial charge on any atom is -0.497 e. The Morgan fingerprint density at radius 2 is 2.00 bits per heavy atom. The number of benzene rings is 2. The zero-order chi connectivity index (χ0) is 15.5. The van der Waals surface area contributed by atoms with Crippen LogP contribution in [-0.4, -0.2) is 18.6 Å². The fraction of sp³-hybridized carbons (Fsp3) is 0.176. The monoisotopic (exact) mass is 297 g/mol. The first-order valence-electron chi connectivity index (χ1n) is 6.91. The highest BCUT2D eigenvalue weighted by Crippen LogP contribution is 2.37. The molecule has 0 N–H and O–H groups in total. The van der Waals surface area contributed by atoms with Gasteiger partial charge >= 0.3 is 0 Å². The highest BCUT2D eigenvalue weighted by atomic mass is 16.6. The maximum Gasteiger partial charge on any atom is 0.244 e. The molecular formula is C17H15NO4. The maximum absolute atomic E-state index is 10.9. The van der Waals surface area contributed by atoms with Crippen molar-refractivity contribution in [2.24, 2.45) is 0 Å². The number of rotatable bonds is 4. The molecule has 0 aromatic heterocycles. The number of nitrogens with zero attached hydrogens (tertiary/aromatic N) is 1. The van der Waals surface area contributed by atoms with E-state index in [2.05, 4.69) is 0 Å². The summed E-state index contributed by atoms with van der Waals surface area (Å²) >= 11 is 0. The fourth-order valence-electron chi connectivity index (χ4n) is 2.51. The smallest absolute Gasteiger partial charge is 0.244 e. The summed E-state index contributed by atoms with van der Waals surface area (Å²) in [7, 11) is 1.57. The lowest BCUT2D eigenvalue weighted by Gasteiger charge is -2.25. The SMILES string of the molecule is COc1ccc2c(c1)C(C[N+](=O)[O-])OC(c1ccccc1)=C2. The Morgan fingerprint density at radius 1 is 1.23 bits per heavy atom. The number of hydrogen-bond donors (Lipinski definition) is 0. The molecule has 5 nitrogen and oxygen atoms in total. The van der Waals surface area contributed by atoms with Gasteiger partial charge in [0.2, 0.25) is 6.54 Å². The number of hydrogen-bond acceptors (Lipinski definition) is 4. The van der Waals surface area contributed by atoms with Crippen molar-refractivity contribution in [3.05, 3.63) is 75.3 Å². The Hall–Kier alpha value is -2.82. The van der Waals surface area contributed by atoms with Gasteiger partial charge in [-0.15, -0.1) is 0 Å². The molecule has 0 radical (unpaired) electrons. The van der Waals surface area contributed by atoms with E-state index in [-0.39, 0.29) is 11.5 Å². The third kappa shape index (κ3) is 2.79. The van der Waals surface area contributed by atoms with Crippen molar-refractivity contribution < 1.29 is 14.4 Å². The number of methoxy groups -OCH3 is 1. The molecule has 2 aromatic carbocycles. The summed E-state index contributed by atoms with van der Waals surface area (Å²) in [5, 5.41) is 10.9. The van der Waals surface area contributed by atoms with Crippen LogP contribution in [0.25, 0.3) is 11.8 Å². The molecule has 2 aromatic rings. The number of ether oxygens (including phenoxy) is 2. The summed E-state index contributed by atoms with van der Waals surface area (Å²) in [6, 6.07) is 15.1. The lowest BCUT2D eigenvalue weighted by atomic mass is 9.97. The predicted molar refractivity (Wildman–Crippen MR) is 83.0 cm³/mol. The van der Waals surface area contributed by atoms with E-state index in [1.807, 2.05) is 48.5 Å². The minimum absolute atomic E-state index is 0.287. The standard InChI is InChI=1S/C17H15NO4/c1-21-14-8-7-13-9-16(12-5-3-2-4-6-12)22-17(11-18(19)20)15(13)10-14/h2-10,17H,11H2,1H3. The zero-order valence-corrected chi connectivity index (χ0v) is 12.1. The topological polar surface area (TPSA) is 61.6 Å². The molecule has 1 unspecified atom stereocenters. The van der Waals surface area contributed by atoms with Gasteiger partial charge in [-0.3, -0.25) is 10.1 Å². The zero-order valence-electron chi connectivity index (χ0n) is 12.1. The summed E-state index contributed by atoms with van der Waals surface area (Å²) in [5.74, 6) is 1.30. The molecule has 112 valence electrons. The summed E-state index contributed by atoms with van der Waals surface area (Å²) in [5.41, 5.74) is 2.59. The van der Waals surface area contributed by atoms with Crippen molar-refractivity contribution in [3.63, 3.8) is 0 Å². The van der Waals surface area contributed by atoms with E-state index in [9.17, 15) is 10.1 Å². The Labute approximate surface area is 127 Å². The quantitative estimate of drug-likeness (QED) is 0.639. The molecule has 3 rings (SSSR count). The van der Waals surface area contributed by atoms with Gasteiger partial charge in [-0.25, -0.2) is 0 Å². The lowest BCUT2D eigenvalue weighted by molar-refractivity contribution is -0.491.